The number of nitrogens with zero attached hydrogens (tertiary/aromatic N) is 1. The fourth-order valence-corrected chi connectivity index (χ4v) is 5.28. The number of nitrogens with one attached hydrogen (secondary N) is 1. The molecule has 0 unspecified atom stereocenters. The van der Waals surface area contributed by atoms with Gasteiger partial charge in [-0.25, -0.2) is 8.42 Å². The zero-order valence-electron chi connectivity index (χ0n) is 17.0. The molecule has 7 heteroatoms. The molecule has 6 nitrogen and oxygen atoms in total. The number of fused-ring (bicyclic) bond motifs is 1. The maximum absolute atomic E-state index is 13.4. The minimum atomic E-state index is -3.81. The quantitative estimate of drug-likeness (QED) is 0.608. The van der Waals surface area contributed by atoms with E-state index in [9.17, 15) is 18.0 Å². The Kier molecular flexibility index (Phi) is 5.61. The summed E-state index contributed by atoms with van der Waals surface area (Å²) in [6, 6.07) is 20.1. The number of carbonyl (C=O) groups is 2. The molecule has 0 aromatic heterocycles. The Balaban J connectivity index is 1.62. The van der Waals surface area contributed by atoms with Gasteiger partial charge in [-0.15, -0.1) is 0 Å². The van der Waals surface area contributed by atoms with Crippen LogP contribution in [0.4, 0.5) is 11.4 Å². The summed E-state index contributed by atoms with van der Waals surface area (Å²) >= 11 is 0. The molecular weight excluding hydrogens is 412 g/mol. The molecule has 1 N–H and O–H groups in total. The van der Waals surface area contributed by atoms with Gasteiger partial charge in [-0.05, 0) is 61.7 Å². The Hall–Kier alpha value is -3.45. The predicted molar refractivity (Wildman–Crippen MR) is 120 cm³/mol. The first-order chi connectivity index (χ1) is 14.9. The van der Waals surface area contributed by atoms with Crippen molar-refractivity contribution in [3.63, 3.8) is 0 Å². The number of aryl methyl sites for hydroxylation is 1. The summed E-state index contributed by atoms with van der Waals surface area (Å²) in [6.07, 6.45) is 1.58. The van der Waals surface area contributed by atoms with Gasteiger partial charge in [0.15, 0.2) is 5.78 Å². The topological polar surface area (TPSA) is 83.5 Å². The van der Waals surface area contributed by atoms with Crippen LogP contribution in [0.15, 0.2) is 77.7 Å². The zero-order chi connectivity index (χ0) is 22.0. The van der Waals surface area contributed by atoms with Crippen LogP contribution in [0, 0.1) is 0 Å². The van der Waals surface area contributed by atoms with E-state index in [0.717, 1.165) is 18.4 Å². The number of amides is 1. The first-order valence-corrected chi connectivity index (χ1v) is 11.4. The first-order valence-electron chi connectivity index (χ1n) is 9.99. The van der Waals surface area contributed by atoms with Crippen molar-refractivity contribution in [3.8, 4) is 0 Å². The van der Waals surface area contributed by atoms with Crippen molar-refractivity contribution in [1.29, 1.82) is 0 Å². The van der Waals surface area contributed by atoms with Crippen molar-refractivity contribution < 1.29 is 18.0 Å². The molecule has 1 aliphatic heterocycles. The van der Waals surface area contributed by atoms with Crippen molar-refractivity contribution in [2.24, 2.45) is 0 Å². The van der Waals surface area contributed by atoms with Gasteiger partial charge < -0.3 is 5.32 Å². The van der Waals surface area contributed by atoms with E-state index >= 15 is 0 Å². The van der Waals surface area contributed by atoms with E-state index in [4.69, 9.17) is 0 Å². The molecule has 0 bridgehead atoms. The van der Waals surface area contributed by atoms with E-state index in [2.05, 4.69) is 5.32 Å². The van der Waals surface area contributed by atoms with Gasteiger partial charge in [-0.1, -0.05) is 36.4 Å². The van der Waals surface area contributed by atoms with E-state index < -0.39 is 15.9 Å². The molecule has 1 aliphatic rings. The number of carbonyl (C=O) groups excluding carboxylic acids is 2. The summed E-state index contributed by atoms with van der Waals surface area (Å²) < 4.78 is 28.1. The monoisotopic (exact) mass is 434 g/mol. The van der Waals surface area contributed by atoms with Crippen molar-refractivity contribution in [2.45, 2.75) is 24.7 Å². The molecule has 158 valence electrons. The first kappa shape index (κ1) is 20.8. The van der Waals surface area contributed by atoms with E-state index in [-0.39, 0.29) is 16.2 Å². The van der Waals surface area contributed by atoms with E-state index in [1.165, 1.54) is 23.4 Å². The number of hydrogen-bond donors (Lipinski definition) is 1. The van der Waals surface area contributed by atoms with Gasteiger partial charge >= 0.3 is 0 Å². The normalized spacial score (nSPS) is 13.4. The van der Waals surface area contributed by atoms with Crippen LogP contribution in [0.5, 0.6) is 0 Å². The highest BCUT2D eigenvalue weighted by Crippen LogP contribution is 2.32. The molecule has 1 heterocycles. The van der Waals surface area contributed by atoms with Crippen LogP contribution in [0.3, 0.4) is 0 Å². The molecule has 31 heavy (non-hydrogen) atoms. The number of ketones is 1. The highest BCUT2D eigenvalue weighted by Gasteiger charge is 2.29. The Morgan fingerprint density at radius 3 is 2.45 bits per heavy atom. The van der Waals surface area contributed by atoms with Crippen LogP contribution in [0.25, 0.3) is 0 Å². The van der Waals surface area contributed by atoms with Crippen LogP contribution < -0.4 is 9.62 Å². The van der Waals surface area contributed by atoms with Crippen LogP contribution >= 0.6 is 0 Å². The molecule has 4 rings (SSSR count). The predicted octanol–water partition coefficient (Wildman–Crippen LogP) is 4.28. The number of Topliss-reactive ketones (excluding diaryl/α,β-unsaturated/α-hetero) is 1. The van der Waals surface area contributed by atoms with Crippen molar-refractivity contribution in [3.05, 3.63) is 89.5 Å². The molecule has 3 aromatic rings. The van der Waals surface area contributed by atoms with E-state index in [1.807, 2.05) is 24.3 Å². The number of benzene rings is 3. The lowest BCUT2D eigenvalue weighted by Gasteiger charge is -2.30. The van der Waals surface area contributed by atoms with Crippen molar-refractivity contribution in [2.75, 3.05) is 16.2 Å². The second-order valence-corrected chi connectivity index (χ2v) is 9.29. The molecule has 0 saturated carbocycles. The lowest BCUT2D eigenvalue weighted by atomic mass is 10.0. The zero-order valence-corrected chi connectivity index (χ0v) is 17.9. The average molecular weight is 435 g/mol. The maximum atomic E-state index is 13.4. The molecule has 0 atom stereocenters. The fraction of sp³-hybridized carbons (Fsp3) is 0.167. The largest absolute Gasteiger partial charge is 0.322 e. The number of rotatable bonds is 5. The van der Waals surface area contributed by atoms with Gasteiger partial charge in [0.1, 0.15) is 0 Å². The van der Waals surface area contributed by atoms with E-state index in [0.29, 0.717) is 23.5 Å². The molecule has 0 radical (unpaired) electrons. The third kappa shape index (κ3) is 4.22. The number of hydrogen-bond acceptors (Lipinski definition) is 4. The fourth-order valence-electron chi connectivity index (χ4n) is 3.69. The van der Waals surface area contributed by atoms with Gasteiger partial charge in [-0.3, -0.25) is 13.9 Å². The molecule has 3 aromatic carbocycles. The molecule has 0 spiro atoms. The van der Waals surface area contributed by atoms with Gasteiger partial charge in [0.05, 0.1) is 10.6 Å². The van der Waals surface area contributed by atoms with Gasteiger partial charge in [0, 0.05) is 23.4 Å². The molecule has 0 fully saturated rings. The maximum Gasteiger partial charge on any atom is 0.264 e. The lowest BCUT2D eigenvalue weighted by Crippen LogP contribution is -2.35. The van der Waals surface area contributed by atoms with Gasteiger partial charge in [-0.2, -0.15) is 0 Å². The second-order valence-electron chi connectivity index (χ2n) is 7.43. The second kappa shape index (κ2) is 8.35. The minimum absolute atomic E-state index is 0.0642. The van der Waals surface area contributed by atoms with Crippen LogP contribution in [-0.4, -0.2) is 26.7 Å². The highest BCUT2D eigenvalue weighted by atomic mass is 32.2. The summed E-state index contributed by atoms with van der Waals surface area (Å²) in [5.74, 6) is -0.553. The molecule has 1 amide bonds. The summed E-state index contributed by atoms with van der Waals surface area (Å²) in [6.45, 7) is 1.85. The summed E-state index contributed by atoms with van der Waals surface area (Å²) in [4.78, 5) is 24.4. The Morgan fingerprint density at radius 2 is 1.65 bits per heavy atom. The smallest absolute Gasteiger partial charge is 0.264 e. The summed E-state index contributed by atoms with van der Waals surface area (Å²) in [7, 11) is -3.81. The lowest BCUT2D eigenvalue weighted by molar-refractivity contribution is 0.101. The SMILES string of the molecule is CC(=O)c1cccc(NC(=O)c2cccc(S(=O)(=O)N3CCCc4ccccc43)c2)c1. The number of para-hydroxylation sites is 1. The molecular formula is C24H22N2O4S. The third-order valence-electron chi connectivity index (χ3n) is 5.28. The van der Waals surface area contributed by atoms with E-state index in [1.54, 1.807) is 36.4 Å². The van der Waals surface area contributed by atoms with Crippen LogP contribution in [0.2, 0.25) is 0 Å². The number of sulfonamides is 1. The summed E-state index contributed by atoms with van der Waals surface area (Å²) in [5.41, 5.74) is 2.86. The summed E-state index contributed by atoms with van der Waals surface area (Å²) in [5, 5.41) is 2.73. The highest BCUT2D eigenvalue weighted by molar-refractivity contribution is 7.92. The van der Waals surface area contributed by atoms with Crippen LogP contribution in [0.1, 0.15) is 39.6 Å². The third-order valence-corrected chi connectivity index (χ3v) is 7.09. The number of anilines is 2. The van der Waals surface area contributed by atoms with Gasteiger partial charge in [0.25, 0.3) is 15.9 Å². The standard InChI is InChI=1S/C24H22N2O4S/c1-17(27)19-8-4-11-21(15-19)25-24(28)20-9-5-12-22(16-20)31(29,30)26-14-6-10-18-7-2-3-13-23(18)26/h2-5,7-9,11-13,15-16H,6,10,14H2,1H3,(H,25,28). The molecule has 0 saturated heterocycles. The van der Waals surface area contributed by atoms with Gasteiger partial charge in [0.2, 0.25) is 0 Å². The Morgan fingerprint density at radius 1 is 0.903 bits per heavy atom. The molecule has 0 aliphatic carbocycles. The van der Waals surface area contributed by atoms with Crippen molar-refractivity contribution in [1.82, 2.24) is 0 Å². The van der Waals surface area contributed by atoms with Crippen LogP contribution in [-0.2, 0) is 16.4 Å². The minimum Gasteiger partial charge on any atom is -0.322 e. The average Bonchev–Trinajstić information content (AvgIpc) is 2.79. The van der Waals surface area contributed by atoms with Crippen molar-refractivity contribution >= 4 is 33.1 Å². The Labute approximate surface area is 181 Å². The Bertz CT molecular complexity index is 1270.